The summed E-state index contributed by atoms with van der Waals surface area (Å²) < 4.78 is 0. The topological polar surface area (TPSA) is 36.1 Å². The van der Waals surface area contributed by atoms with Crippen LogP contribution in [0.5, 0.6) is 0 Å². The molecular formula is C18H33N3. The minimum atomic E-state index is 0.973. The van der Waals surface area contributed by atoms with E-state index in [0.717, 1.165) is 19.0 Å². The van der Waals surface area contributed by atoms with Gasteiger partial charge in [-0.3, -0.25) is 0 Å². The van der Waals surface area contributed by atoms with Gasteiger partial charge < -0.3 is 16.0 Å². The summed E-state index contributed by atoms with van der Waals surface area (Å²) in [7, 11) is 0. The third-order valence-electron chi connectivity index (χ3n) is 3.92. The zero-order valence-corrected chi connectivity index (χ0v) is 14.0. The summed E-state index contributed by atoms with van der Waals surface area (Å²) in [6.07, 6.45) is 12.4. The third-order valence-corrected chi connectivity index (χ3v) is 3.92. The number of hydrogen-bond donors (Lipinski definition) is 3. The first-order chi connectivity index (χ1) is 10.2. The van der Waals surface area contributed by atoms with Gasteiger partial charge in [0, 0.05) is 13.1 Å². The highest BCUT2D eigenvalue weighted by Crippen LogP contribution is 2.08. The summed E-state index contributed by atoms with van der Waals surface area (Å²) in [6.45, 7) is 12.3. The van der Waals surface area contributed by atoms with Crippen molar-refractivity contribution in [1.29, 1.82) is 0 Å². The first-order valence-electron chi connectivity index (χ1n) is 8.32. The van der Waals surface area contributed by atoms with Crippen molar-refractivity contribution in [2.75, 3.05) is 32.7 Å². The van der Waals surface area contributed by atoms with Crippen molar-refractivity contribution in [3.63, 3.8) is 0 Å². The lowest BCUT2D eigenvalue weighted by atomic mass is 10.0. The first kappa shape index (κ1) is 18.0. The average molecular weight is 291 g/mol. The van der Waals surface area contributed by atoms with E-state index >= 15 is 0 Å². The van der Waals surface area contributed by atoms with Crippen LogP contribution in [0.3, 0.4) is 0 Å². The van der Waals surface area contributed by atoms with Gasteiger partial charge in [-0.1, -0.05) is 30.2 Å². The zero-order chi connectivity index (χ0) is 15.3. The quantitative estimate of drug-likeness (QED) is 0.601. The third kappa shape index (κ3) is 10.3. The highest BCUT2D eigenvalue weighted by atomic mass is 14.9. The van der Waals surface area contributed by atoms with E-state index < -0.39 is 0 Å². The Morgan fingerprint density at radius 2 is 1.71 bits per heavy atom. The molecule has 1 saturated heterocycles. The van der Waals surface area contributed by atoms with Crippen molar-refractivity contribution >= 4 is 0 Å². The Morgan fingerprint density at radius 3 is 2.00 bits per heavy atom. The molecule has 120 valence electrons. The normalized spacial score (nSPS) is 21.7. The predicted octanol–water partition coefficient (Wildman–Crippen LogP) is 2.98. The van der Waals surface area contributed by atoms with E-state index in [1.807, 2.05) is 6.20 Å². The lowest BCUT2D eigenvalue weighted by Gasteiger charge is -2.17. The smallest absolute Gasteiger partial charge is 0.0330 e. The highest BCUT2D eigenvalue weighted by molar-refractivity contribution is 5.19. The van der Waals surface area contributed by atoms with Crippen LogP contribution in [0.15, 0.2) is 35.6 Å². The SMILES string of the molecule is CC1=CCNC=C1.CC1=CCNCC1.CC1CCNCC1. The fraction of sp³-hybridized carbons (Fsp3) is 0.667. The van der Waals surface area contributed by atoms with E-state index in [1.165, 1.54) is 50.0 Å². The molecule has 3 heterocycles. The van der Waals surface area contributed by atoms with Crippen molar-refractivity contribution in [3.05, 3.63) is 35.6 Å². The van der Waals surface area contributed by atoms with Gasteiger partial charge >= 0.3 is 0 Å². The van der Waals surface area contributed by atoms with Crippen LogP contribution in [0.1, 0.15) is 40.0 Å². The molecule has 3 heteroatoms. The van der Waals surface area contributed by atoms with Gasteiger partial charge in [0.15, 0.2) is 0 Å². The van der Waals surface area contributed by atoms with Gasteiger partial charge in [0.1, 0.15) is 0 Å². The summed E-state index contributed by atoms with van der Waals surface area (Å²) in [5, 5.41) is 9.61. The van der Waals surface area contributed by atoms with Crippen molar-refractivity contribution < 1.29 is 0 Å². The molecule has 3 aliphatic heterocycles. The Morgan fingerprint density at radius 1 is 0.952 bits per heavy atom. The number of piperidine rings is 1. The molecule has 0 radical (unpaired) electrons. The maximum absolute atomic E-state index is 3.32. The lowest BCUT2D eigenvalue weighted by molar-refractivity contribution is 0.402. The highest BCUT2D eigenvalue weighted by Gasteiger charge is 2.05. The average Bonchev–Trinajstić information content (AvgIpc) is 2.51. The van der Waals surface area contributed by atoms with Gasteiger partial charge in [-0.2, -0.15) is 0 Å². The molecule has 0 unspecified atom stereocenters. The van der Waals surface area contributed by atoms with Crippen LogP contribution in [-0.4, -0.2) is 32.7 Å². The molecule has 0 spiro atoms. The van der Waals surface area contributed by atoms with E-state index in [0.29, 0.717) is 0 Å². The molecular weight excluding hydrogens is 258 g/mol. The number of dihydropyridines is 1. The predicted molar refractivity (Wildman–Crippen MR) is 93.4 cm³/mol. The van der Waals surface area contributed by atoms with Crippen LogP contribution in [0.2, 0.25) is 0 Å². The second-order valence-electron chi connectivity index (χ2n) is 6.13. The van der Waals surface area contributed by atoms with E-state index in [-0.39, 0.29) is 0 Å². The Balaban J connectivity index is 0.000000157. The largest absolute Gasteiger partial charge is 0.387 e. The van der Waals surface area contributed by atoms with E-state index in [4.69, 9.17) is 0 Å². The van der Waals surface area contributed by atoms with Gasteiger partial charge in [0.25, 0.3) is 0 Å². The molecule has 0 saturated carbocycles. The van der Waals surface area contributed by atoms with Gasteiger partial charge in [-0.05, 0) is 70.9 Å². The van der Waals surface area contributed by atoms with Crippen LogP contribution in [-0.2, 0) is 0 Å². The molecule has 21 heavy (non-hydrogen) atoms. The van der Waals surface area contributed by atoms with Crippen molar-refractivity contribution in [3.8, 4) is 0 Å². The summed E-state index contributed by atoms with van der Waals surface area (Å²) in [5.74, 6) is 0.973. The molecule has 0 aromatic carbocycles. The molecule has 3 rings (SSSR count). The van der Waals surface area contributed by atoms with Crippen molar-refractivity contribution in [1.82, 2.24) is 16.0 Å². The number of rotatable bonds is 0. The molecule has 0 aromatic heterocycles. The summed E-state index contributed by atoms with van der Waals surface area (Å²) in [5.41, 5.74) is 2.87. The Bertz CT molecular complexity index is 349. The first-order valence-corrected chi connectivity index (χ1v) is 8.32. The van der Waals surface area contributed by atoms with Crippen LogP contribution in [0.25, 0.3) is 0 Å². The number of allylic oxidation sites excluding steroid dienone is 2. The number of hydrogen-bond acceptors (Lipinski definition) is 3. The molecule has 3 nitrogen and oxygen atoms in total. The van der Waals surface area contributed by atoms with Gasteiger partial charge in [-0.15, -0.1) is 0 Å². The van der Waals surface area contributed by atoms with E-state index in [2.05, 4.69) is 54.9 Å². The fourth-order valence-electron chi connectivity index (χ4n) is 2.25. The monoisotopic (exact) mass is 291 g/mol. The maximum Gasteiger partial charge on any atom is 0.0330 e. The standard InChI is InChI=1S/C6H13N.C6H11N.C6H9N/c3*1-6-2-4-7-5-3-6/h6-7H,2-5H2,1H3;2,7H,3-5H2,1H3;2-4,7H,5H2,1H3. The minimum Gasteiger partial charge on any atom is -0.387 e. The molecule has 0 aliphatic carbocycles. The summed E-state index contributed by atoms with van der Waals surface area (Å²) >= 11 is 0. The van der Waals surface area contributed by atoms with Crippen molar-refractivity contribution in [2.24, 2.45) is 5.92 Å². The fourth-order valence-corrected chi connectivity index (χ4v) is 2.25. The van der Waals surface area contributed by atoms with Gasteiger partial charge in [0.2, 0.25) is 0 Å². The Labute approximate surface area is 131 Å². The van der Waals surface area contributed by atoms with Gasteiger partial charge in [-0.25, -0.2) is 0 Å². The molecule has 0 bridgehead atoms. The summed E-state index contributed by atoms with van der Waals surface area (Å²) in [6, 6.07) is 0. The summed E-state index contributed by atoms with van der Waals surface area (Å²) in [4.78, 5) is 0. The second kappa shape index (κ2) is 11.6. The lowest BCUT2D eigenvalue weighted by Crippen LogP contribution is -2.26. The Kier molecular flexibility index (Phi) is 9.92. The molecule has 0 atom stereocenters. The minimum absolute atomic E-state index is 0.973. The van der Waals surface area contributed by atoms with E-state index in [9.17, 15) is 0 Å². The van der Waals surface area contributed by atoms with Gasteiger partial charge in [0.05, 0.1) is 0 Å². The van der Waals surface area contributed by atoms with Crippen LogP contribution >= 0.6 is 0 Å². The van der Waals surface area contributed by atoms with E-state index in [1.54, 1.807) is 0 Å². The zero-order valence-electron chi connectivity index (χ0n) is 14.0. The molecule has 3 N–H and O–H groups in total. The molecule has 0 aromatic rings. The maximum atomic E-state index is 3.32. The molecule has 0 amide bonds. The molecule has 3 aliphatic rings. The molecule has 1 fully saturated rings. The van der Waals surface area contributed by atoms with Crippen LogP contribution < -0.4 is 16.0 Å². The van der Waals surface area contributed by atoms with Crippen LogP contribution in [0.4, 0.5) is 0 Å². The Hall–Kier alpha value is -1.06. The van der Waals surface area contributed by atoms with Crippen LogP contribution in [0, 0.1) is 5.92 Å². The van der Waals surface area contributed by atoms with Crippen molar-refractivity contribution in [2.45, 2.75) is 40.0 Å². The number of nitrogens with one attached hydrogen (secondary N) is 3. The second-order valence-corrected chi connectivity index (χ2v) is 6.13.